The van der Waals surface area contributed by atoms with Crippen molar-refractivity contribution in [2.24, 2.45) is 11.7 Å². The first-order chi connectivity index (χ1) is 11.7. The van der Waals surface area contributed by atoms with Crippen molar-refractivity contribution >= 4 is 11.6 Å². The molecule has 0 radical (unpaired) electrons. The smallest absolute Gasteiger partial charge is 0.252 e. The van der Waals surface area contributed by atoms with E-state index in [1.54, 1.807) is 6.20 Å². The van der Waals surface area contributed by atoms with Gasteiger partial charge in [0.2, 0.25) is 0 Å². The lowest BCUT2D eigenvalue weighted by atomic mass is 9.96. The Hall–Kier alpha value is -2.67. The summed E-state index contributed by atoms with van der Waals surface area (Å²) in [6.45, 7) is 2.51. The first-order valence-corrected chi connectivity index (χ1v) is 8.18. The molecule has 0 fully saturated rings. The Kier molecular flexibility index (Phi) is 3.78. The minimum absolute atomic E-state index is 0.388. The second-order valence-corrected chi connectivity index (χ2v) is 6.27. The Balaban J connectivity index is 1.36. The molecule has 1 amide bonds. The van der Waals surface area contributed by atoms with Crippen LogP contribution in [0.2, 0.25) is 0 Å². The van der Waals surface area contributed by atoms with E-state index in [0.717, 1.165) is 49.5 Å². The molecule has 1 atom stereocenters. The van der Waals surface area contributed by atoms with Gasteiger partial charge in [0, 0.05) is 25.8 Å². The Bertz CT molecular complexity index is 880. The fourth-order valence-corrected chi connectivity index (χ4v) is 3.40. The third kappa shape index (κ3) is 2.67. The summed E-state index contributed by atoms with van der Waals surface area (Å²) in [7, 11) is 0. The Labute approximate surface area is 139 Å². The molecule has 0 saturated heterocycles. The monoisotopic (exact) mass is 324 g/mol. The van der Waals surface area contributed by atoms with Crippen LogP contribution in [0.3, 0.4) is 0 Å². The van der Waals surface area contributed by atoms with Gasteiger partial charge >= 0.3 is 0 Å². The molecule has 3 N–H and O–H groups in total. The highest BCUT2D eigenvalue weighted by atomic mass is 16.1. The minimum Gasteiger partial charge on any atom is -0.365 e. The first-order valence-electron chi connectivity index (χ1n) is 8.18. The van der Waals surface area contributed by atoms with Gasteiger partial charge in [0.1, 0.15) is 5.65 Å². The normalized spacial score (nSPS) is 17.1. The van der Waals surface area contributed by atoms with E-state index in [9.17, 15) is 4.79 Å². The van der Waals surface area contributed by atoms with Gasteiger partial charge in [0.25, 0.3) is 5.91 Å². The standard InChI is InChI=1S/C17H20N6O/c18-17(24)14-10-21-23-11-12(4-5-15(14)23)7-19-8-13-9-20-16-3-1-2-6-22(13)16/h1-3,6,9-10,12,19H,4-5,7-8,11H2,(H2,18,24). The molecule has 7 nitrogen and oxygen atoms in total. The largest absolute Gasteiger partial charge is 0.365 e. The summed E-state index contributed by atoms with van der Waals surface area (Å²) in [4.78, 5) is 15.8. The van der Waals surface area contributed by atoms with Crippen molar-refractivity contribution in [3.8, 4) is 0 Å². The van der Waals surface area contributed by atoms with Gasteiger partial charge in [0.05, 0.1) is 29.3 Å². The topological polar surface area (TPSA) is 90.2 Å². The molecule has 124 valence electrons. The average Bonchev–Trinajstić information content (AvgIpc) is 3.19. The number of aromatic nitrogens is 4. The molecule has 3 aromatic heterocycles. The molecule has 0 bridgehead atoms. The highest BCUT2D eigenvalue weighted by molar-refractivity contribution is 5.93. The summed E-state index contributed by atoms with van der Waals surface area (Å²) in [5, 5.41) is 7.82. The molecular weight excluding hydrogens is 304 g/mol. The maximum Gasteiger partial charge on any atom is 0.252 e. The summed E-state index contributed by atoms with van der Waals surface area (Å²) < 4.78 is 4.02. The number of rotatable bonds is 5. The van der Waals surface area contributed by atoms with Gasteiger partial charge < -0.3 is 15.5 Å². The fourth-order valence-electron chi connectivity index (χ4n) is 3.40. The number of nitrogens with one attached hydrogen (secondary N) is 1. The van der Waals surface area contributed by atoms with Gasteiger partial charge in [-0.2, -0.15) is 5.10 Å². The van der Waals surface area contributed by atoms with Gasteiger partial charge in [-0.3, -0.25) is 9.48 Å². The quantitative estimate of drug-likeness (QED) is 0.732. The molecule has 1 unspecified atom stereocenters. The van der Waals surface area contributed by atoms with Crippen LogP contribution in [0.15, 0.2) is 36.8 Å². The Morgan fingerprint density at radius 2 is 2.29 bits per heavy atom. The van der Waals surface area contributed by atoms with Crippen LogP contribution in [0.4, 0.5) is 0 Å². The fraction of sp³-hybridized carbons (Fsp3) is 0.353. The zero-order valence-electron chi connectivity index (χ0n) is 13.4. The zero-order valence-corrected chi connectivity index (χ0v) is 13.4. The molecule has 1 aliphatic rings. The van der Waals surface area contributed by atoms with E-state index < -0.39 is 0 Å². The number of nitrogens with zero attached hydrogens (tertiary/aromatic N) is 4. The van der Waals surface area contributed by atoms with Crippen LogP contribution < -0.4 is 11.1 Å². The summed E-state index contributed by atoms with van der Waals surface area (Å²) >= 11 is 0. The zero-order chi connectivity index (χ0) is 16.5. The molecular formula is C17H20N6O. The number of carbonyl (C=O) groups is 1. The number of hydrogen-bond acceptors (Lipinski definition) is 4. The van der Waals surface area contributed by atoms with E-state index in [0.29, 0.717) is 11.5 Å². The number of primary amides is 1. The van der Waals surface area contributed by atoms with Crippen molar-refractivity contribution in [3.05, 3.63) is 53.7 Å². The van der Waals surface area contributed by atoms with Crippen LogP contribution in [0.5, 0.6) is 0 Å². The van der Waals surface area contributed by atoms with E-state index >= 15 is 0 Å². The van der Waals surface area contributed by atoms with Crippen LogP contribution in [0.1, 0.15) is 28.2 Å². The number of imidazole rings is 1. The molecule has 0 saturated carbocycles. The van der Waals surface area contributed by atoms with E-state index in [1.165, 1.54) is 0 Å². The summed E-state index contributed by atoms with van der Waals surface area (Å²) in [5.41, 5.74) is 9.03. The molecule has 4 rings (SSSR count). The van der Waals surface area contributed by atoms with Crippen LogP contribution in [-0.4, -0.2) is 31.6 Å². The van der Waals surface area contributed by atoms with Gasteiger partial charge in [-0.05, 0) is 30.9 Å². The third-order valence-electron chi connectivity index (χ3n) is 4.67. The van der Waals surface area contributed by atoms with Crippen molar-refractivity contribution in [2.45, 2.75) is 25.9 Å². The predicted octanol–water partition coefficient (Wildman–Crippen LogP) is 0.982. The first kappa shape index (κ1) is 14.9. The van der Waals surface area contributed by atoms with Crippen LogP contribution >= 0.6 is 0 Å². The molecule has 24 heavy (non-hydrogen) atoms. The van der Waals surface area contributed by atoms with Crippen molar-refractivity contribution in [2.75, 3.05) is 6.54 Å². The van der Waals surface area contributed by atoms with Crippen molar-refractivity contribution in [1.82, 2.24) is 24.5 Å². The number of hydrogen-bond donors (Lipinski definition) is 2. The lowest BCUT2D eigenvalue weighted by molar-refractivity contribution is 0.0998. The van der Waals surface area contributed by atoms with E-state index in [1.807, 2.05) is 35.3 Å². The summed E-state index contributed by atoms with van der Waals surface area (Å²) in [6.07, 6.45) is 7.41. The number of carbonyl (C=O) groups excluding carboxylic acids is 1. The molecule has 1 aliphatic heterocycles. The minimum atomic E-state index is -0.388. The SMILES string of the molecule is NC(=O)c1cnn2c1CCC(CNCc1cnc3ccccn13)C2. The average molecular weight is 324 g/mol. The molecule has 4 heterocycles. The maximum atomic E-state index is 11.4. The molecule has 7 heteroatoms. The van der Waals surface area contributed by atoms with E-state index in [-0.39, 0.29) is 5.91 Å². The van der Waals surface area contributed by atoms with Gasteiger partial charge in [0.15, 0.2) is 0 Å². The molecule has 0 spiro atoms. The number of pyridine rings is 1. The molecule has 3 aromatic rings. The number of amides is 1. The predicted molar refractivity (Wildman–Crippen MR) is 89.5 cm³/mol. The van der Waals surface area contributed by atoms with Gasteiger partial charge in [-0.1, -0.05) is 6.07 Å². The second-order valence-electron chi connectivity index (χ2n) is 6.27. The number of fused-ring (bicyclic) bond motifs is 2. The summed E-state index contributed by atoms with van der Waals surface area (Å²) in [5.74, 6) is 0.109. The van der Waals surface area contributed by atoms with Crippen LogP contribution in [-0.2, 0) is 19.5 Å². The lowest BCUT2D eigenvalue weighted by Gasteiger charge is -2.24. The van der Waals surface area contributed by atoms with Gasteiger partial charge in [-0.25, -0.2) is 4.98 Å². The van der Waals surface area contributed by atoms with Crippen molar-refractivity contribution in [1.29, 1.82) is 0 Å². The van der Waals surface area contributed by atoms with Crippen molar-refractivity contribution in [3.63, 3.8) is 0 Å². The lowest BCUT2D eigenvalue weighted by Crippen LogP contribution is -2.31. The molecule has 0 aromatic carbocycles. The van der Waals surface area contributed by atoms with Crippen molar-refractivity contribution < 1.29 is 4.79 Å². The molecule has 0 aliphatic carbocycles. The highest BCUT2D eigenvalue weighted by Gasteiger charge is 2.23. The maximum absolute atomic E-state index is 11.4. The van der Waals surface area contributed by atoms with Crippen LogP contribution in [0, 0.1) is 5.92 Å². The Morgan fingerprint density at radius 3 is 3.17 bits per heavy atom. The third-order valence-corrected chi connectivity index (χ3v) is 4.67. The second kappa shape index (κ2) is 6.09. The van der Waals surface area contributed by atoms with E-state index in [2.05, 4.69) is 19.8 Å². The highest BCUT2D eigenvalue weighted by Crippen LogP contribution is 2.21. The van der Waals surface area contributed by atoms with Crippen LogP contribution in [0.25, 0.3) is 5.65 Å². The summed E-state index contributed by atoms with van der Waals surface area (Å²) in [6, 6.07) is 6.00. The van der Waals surface area contributed by atoms with E-state index in [4.69, 9.17) is 5.73 Å². The number of nitrogens with two attached hydrogens (primary N) is 1. The van der Waals surface area contributed by atoms with Gasteiger partial charge in [-0.15, -0.1) is 0 Å². The Morgan fingerprint density at radius 1 is 1.38 bits per heavy atom.